The highest BCUT2D eigenvalue weighted by Crippen LogP contribution is 2.30. The molecule has 0 saturated carbocycles. The Balaban J connectivity index is 2.18. The molecular weight excluding hydrogens is 505 g/mol. The summed E-state index contributed by atoms with van der Waals surface area (Å²) in [5.41, 5.74) is 16.6. The molecule has 9 N–H and O–H groups in total. The van der Waals surface area contributed by atoms with E-state index < -0.39 is 47.6 Å². The molecule has 3 atom stereocenters. The van der Waals surface area contributed by atoms with Gasteiger partial charge in [0.05, 0.1) is 5.56 Å². The number of halogens is 3. The molecule has 3 amide bonds. The number of nitrogens with zero attached hydrogens (tertiary/aromatic N) is 1. The molecule has 0 fully saturated rings. The molecule has 0 aromatic heterocycles. The van der Waals surface area contributed by atoms with Crippen LogP contribution in [0.2, 0.25) is 0 Å². The van der Waals surface area contributed by atoms with Crippen LogP contribution in [0.1, 0.15) is 17.5 Å². The van der Waals surface area contributed by atoms with Crippen LogP contribution in [0.15, 0.2) is 54.6 Å². The van der Waals surface area contributed by atoms with Crippen molar-refractivity contribution in [3.63, 3.8) is 0 Å². The number of anilines is 1. The van der Waals surface area contributed by atoms with Crippen LogP contribution in [0, 0.1) is 0 Å². The largest absolute Gasteiger partial charge is 0.416 e. The van der Waals surface area contributed by atoms with Gasteiger partial charge in [-0.3, -0.25) is 14.4 Å². The number of aliphatic hydroxyl groups is 1. The number of carbonyl (C=O) groups excluding carboxylic acids is 3. The number of hydrogen-bond acceptors (Lipinski definition) is 7. The molecule has 2 aromatic carbocycles. The molecule has 0 saturated heterocycles. The van der Waals surface area contributed by atoms with Crippen LogP contribution in [0.5, 0.6) is 0 Å². The second kappa shape index (κ2) is 14.4. The summed E-state index contributed by atoms with van der Waals surface area (Å²) in [4.78, 5) is 39.6. The van der Waals surface area contributed by atoms with E-state index in [0.717, 1.165) is 23.8 Å². The minimum Gasteiger partial charge on any atom is -0.381 e. The minimum absolute atomic E-state index is 0.0593. The SMILES string of the molecule is NCCN(CCN)C(=O)[C@H](O)[C@H](N)C(=O)N[C@@H](CCc1ccccc1)C(=O)Nc1cccc(C(F)(F)F)c1. The van der Waals surface area contributed by atoms with Gasteiger partial charge in [0.25, 0.3) is 5.91 Å². The standard InChI is InChI=1S/C25H33F3N6O4/c26-25(27,28)17-7-4-8-18(15-17)32-22(36)19(10-9-16-5-2-1-3-6-16)33-23(37)20(31)21(35)24(38)34(13-11-29)14-12-30/h1-8,15,19-21,35H,9-14,29-31H2,(H,32,36)(H,33,37)/t19-,20-,21+/m0/s1. The van der Waals surface area contributed by atoms with Crippen molar-refractivity contribution in [1.29, 1.82) is 0 Å². The quantitative estimate of drug-likeness (QED) is 0.211. The lowest BCUT2D eigenvalue weighted by Gasteiger charge is -2.27. The van der Waals surface area contributed by atoms with Crippen molar-refractivity contribution in [3.05, 3.63) is 65.7 Å². The highest BCUT2D eigenvalue weighted by atomic mass is 19.4. The summed E-state index contributed by atoms with van der Waals surface area (Å²) in [6.45, 7) is 0.357. The van der Waals surface area contributed by atoms with E-state index in [2.05, 4.69) is 10.6 Å². The molecule has 10 nitrogen and oxygen atoms in total. The first-order valence-electron chi connectivity index (χ1n) is 11.9. The molecule has 208 valence electrons. The number of alkyl halides is 3. The average molecular weight is 539 g/mol. The van der Waals surface area contributed by atoms with Gasteiger partial charge in [-0.05, 0) is 36.6 Å². The van der Waals surface area contributed by atoms with Gasteiger partial charge in [0.15, 0.2) is 6.10 Å². The lowest BCUT2D eigenvalue weighted by atomic mass is 10.0. The van der Waals surface area contributed by atoms with Crippen LogP contribution in [-0.2, 0) is 27.0 Å². The number of benzene rings is 2. The van der Waals surface area contributed by atoms with Crippen molar-refractivity contribution >= 4 is 23.4 Å². The molecule has 13 heteroatoms. The number of aliphatic hydroxyl groups excluding tert-OH is 1. The summed E-state index contributed by atoms with van der Waals surface area (Å²) < 4.78 is 39.2. The Morgan fingerprint density at radius 1 is 0.947 bits per heavy atom. The van der Waals surface area contributed by atoms with Crippen LogP contribution in [0.3, 0.4) is 0 Å². The highest BCUT2D eigenvalue weighted by Gasteiger charge is 2.34. The third kappa shape index (κ3) is 9.10. The molecule has 0 aliphatic heterocycles. The van der Waals surface area contributed by atoms with Crippen molar-refractivity contribution in [1.82, 2.24) is 10.2 Å². The fraction of sp³-hybridized carbons (Fsp3) is 0.400. The van der Waals surface area contributed by atoms with Gasteiger partial charge in [-0.1, -0.05) is 36.4 Å². The summed E-state index contributed by atoms with van der Waals surface area (Å²) in [5, 5.41) is 15.2. The van der Waals surface area contributed by atoms with E-state index >= 15 is 0 Å². The molecule has 0 radical (unpaired) electrons. The number of nitrogens with one attached hydrogen (secondary N) is 2. The maximum Gasteiger partial charge on any atom is 0.416 e. The van der Waals surface area contributed by atoms with Crippen LogP contribution >= 0.6 is 0 Å². The molecule has 0 bridgehead atoms. The van der Waals surface area contributed by atoms with Crippen LogP contribution in [0.4, 0.5) is 18.9 Å². The Bertz CT molecular complexity index is 1060. The molecule has 0 aliphatic rings. The molecule has 38 heavy (non-hydrogen) atoms. The average Bonchev–Trinajstić information content (AvgIpc) is 2.89. The Hall–Kier alpha value is -3.52. The Morgan fingerprint density at radius 3 is 2.16 bits per heavy atom. The monoisotopic (exact) mass is 538 g/mol. The lowest BCUT2D eigenvalue weighted by molar-refractivity contribution is -0.144. The summed E-state index contributed by atoms with van der Waals surface area (Å²) in [5.74, 6) is -2.64. The number of rotatable bonds is 13. The zero-order chi connectivity index (χ0) is 28.3. The molecule has 0 spiro atoms. The zero-order valence-electron chi connectivity index (χ0n) is 20.7. The molecule has 0 unspecified atom stereocenters. The van der Waals surface area contributed by atoms with Gasteiger partial charge in [-0.15, -0.1) is 0 Å². The van der Waals surface area contributed by atoms with Crippen molar-refractivity contribution in [3.8, 4) is 0 Å². The van der Waals surface area contributed by atoms with Crippen molar-refractivity contribution in [2.45, 2.75) is 37.2 Å². The fourth-order valence-corrected chi connectivity index (χ4v) is 3.62. The van der Waals surface area contributed by atoms with Gasteiger partial charge < -0.3 is 37.8 Å². The van der Waals surface area contributed by atoms with Gasteiger partial charge in [0.1, 0.15) is 12.1 Å². The van der Waals surface area contributed by atoms with Crippen molar-refractivity contribution < 1.29 is 32.7 Å². The van der Waals surface area contributed by atoms with Crippen molar-refractivity contribution in [2.24, 2.45) is 17.2 Å². The smallest absolute Gasteiger partial charge is 0.381 e. The summed E-state index contributed by atoms with van der Waals surface area (Å²) in [6.07, 6.45) is -6.16. The molecule has 0 aliphatic carbocycles. The van der Waals surface area contributed by atoms with Crippen molar-refractivity contribution in [2.75, 3.05) is 31.5 Å². The molecule has 0 heterocycles. The predicted octanol–water partition coefficient (Wildman–Crippen LogP) is 0.196. The molecule has 2 rings (SSSR count). The minimum atomic E-state index is -4.61. The topological polar surface area (TPSA) is 177 Å². The second-order valence-electron chi connectivity index (χ2n) is 8.53. The van der Waals surface area contributed by atoms with Gasteiger partial charge in [0.2, 0.25) is 11.8 Å². The number of nitrogens with two attached hydrogens (primary N) is 3. The first-order chi connectivity index (χ1) is 18.0. The van der Waals surface area contributed by atoms with Gasteiger partial charge in [-0.25, -0.2) is 0 Å². The van der Waals surface area contributed by atoms with E-state index in [0.29, 0.717) is 6.42 Å². The number of carbonyl (C=O) groups is 3. The number of amides is 3. The predicted molar refractivity (Wildman–Crippen MR) is 135 cm³/mol. The molecular formula is C25H33F3N6O4. The fourth-order valence-electron chi connectivity index (χ4n) is 3.62. The summed E-state index contributed by atoms with van der Waals surface area (Å²) in [7, 11) is 0. The van der Waals surface area contributed by atoms with E-state index in [4.69, 9.17) is 17.2 Å². The maximum absolute atomic E-state index is 13.1. The lowest BCUT2D eigenvalue weighted by Crippen LogP contribution is -2.58. The zero-order valence-corrected chi connectivity index (χ0v) is 20.7. The van der Waals surface area contributed by atoms with Crippen LogP contribution < -0.4 is 27.8 Å². The van der Waals surface area contributed by atoms with Crippen LogP contribution in [-0.4, -0.2) is 72.1 Å². The summed E-state index contributed by atoms with van der Waals surface area (Å²) in [6, 6.07) is 10.1. The normalized spacial score (nSPS) is 13.8. The third-order valence-corrected chi connectivity index (χ3v) is 5.66. The van der Waals surface area contributed by atoms with Gasteiger partial charge >= 0.3 is 6.18 Å². The van der Waals surface area contributed by atoms with E-state index in [-0.39, 0.29) is 38.3 Å². The highest BCUT2D eigenvalue weighted by molar-refractivity contribution is 5.99. The van der Waals surface area contributed by atoms with E-state index in [9.17, 15) is 32.7 Å². The van der Waals surface area contributed by atoms with E-state index in [1.807, 2.05) is 0 Å². The third-order valence-electron chi connectivity index (χ3n) is 5.66. The van der Waals surface area contributed by atoms with Gasteiger partial charge in [0, 0.05) is 31.9 Å². The van der Waals surface area contributed by atoms with E-state index in [1.54, 1.807) is 30.3 Å². The second-order valence-corrected chi connectivity index (χ2v) is 8.53. The Labute approximate surface area is 218 Å². The first-order valence-corrected chi connectivity index (χ1v) is 11.9. The van der Waals surface area contributed by atoms with Crippen LogP contribution in [0.25, 0.3) is 0 Å². The maximum atomic E-state index is 13.1. The van der Waals surface area contributed by atoms with Gasteiger partial charge in [-0.2, -0.15) is 13.2 Å². The Kier molecular flexibility index (Phi) is 11.7. The number of aryl methyl sites for hydroxylation is 1. The first kappa shape index (κ1) is 30.7. The summed E-state index contributed by atoms with van der Waals surface area (Å²) >= 11 is 0. The van der Waals surface area contributed by atoms with E-state index in [1.165, 1.54) is 11.0 Å². The Morgan fingerprint density at radius 2 is 1.58 bits per heavy atom. The number of hydrogen-bond donors (Lipinski definition) is 6. The molecule has 2 aromatic rings.